The van der Waals surface area contributed by atoms with Gasteiger partial charge in [0, 0.05) is 18.4 Å². The maximum absolute atomic E-state index is 5.45. The van der Waals surface area contributed by atoms with Gasteiger partial charge in [-0.25, -0.2) is 0 Å². The van der Waals surface area contributed by atoms with Gasteiger partial charge in [-0.1, -0.05) is 36.4 Å². The summed E-state index contributed by atoms with van der Waals surface area (Å²) in [4.78, 5) is 0. The third-order valence-electron chi connectivity index (χ3n) is 3.00. The predicted octanol–water partition coefficient (Wildman–Crippen LogP) is 3.64. The summed E-state index contributed by atoms with van der Waals surface area (Å²) < 4.78 is 5.45. The fourth-order valence-electron chi connectivity index (χ4n) is 2.11. The molecule has 0 spiro atoms. The van der Waals surface area contributed by atoms with E-state index in [4.69, 9.17) is 4.42 Å². The molecule has 1 heterocycles. The molecular formula is C15H14N2O. The van der Waals surface area contributed by atoms with E-state index in [-0.39, 0.29) is 0 Å². The van der Waals surface area contributed by atoms with Crippen molar-refractivity contribution in [2.75, 3.05) is 0 Å². The van der Waals surface area contributed by atoms with Crippen molar-refractivity contribution < 1.29 is 4.42 Å². The van der Waals surface area contributed by atoms with Crippen LogP contribution in [0.2, 0.25) is 0 Å². The van der Waals surface area contributed by atoms with Crippen LogP contribution in [0.4, 0.5) is 0 Å². The lowest BCUT2D eigenvalue weighted by Gasteiger charge is -2.11. The second-order valence-electron chi connectivity index (χ2n) is 4.37. The zero-order chi connectivity index (χ0) is 12.4. The van der Waals surface area contributed by atoms with E-state index in [1.807, 2.05) is 12.1 Å². The molecule has 18 heavy (non-hydrogen) atoms. The van der Waals surface area contributed by atoms with Crippen molar-refractivity contribution in [2.45, 2.75) is 19.3 Å². The van der Waals surface area contributed by atoms with Crippen LogP contribution in [0.3, 0.4) is 0 Å². The first-order valence-corrected chi connectivity index (χ1v) is 6.07. The first-order chi connectivity index (χ1) is 8.83. The van der Waals surface area contributed by atoms with Crippen molar-refractivity contribution in [3.05, 3.63) is 60.0 Å². The van der Waals surface area contributed by atoms with Crippen molar-refractivity contribution in [1.29, 1.82) is 0 Å². The molecule has 0 aliphatic heterocycles. The number of hydrogen-bond acceptors (Lipinski definition) is 3. The van der Waals surface area contributed by atoms with Gasteiger partial charge in [0.25, 0.3) is 0 Å². The molecule has 1 aliphatic rings. The highest BCUT2D eigenvalue weighted by Crippen LogP contribution is 2.26. The van der Waals surface area contributed by atoms with Crippen molar-refractivity contribution in [1.82, 2.24) is 10.2 Å². The number of aryl methyl sites for hydroxylation is 1. The second-order valence-corrected chi connectivity index (χ2v) is 4.37. The number of allylic oxidation sites excluding steroid dienone is 4. The van der Waals surface area contributed by atoms with Gasteiger partial charge < -0.3 is 4.42 Å². The topological polar surface area (TPSA) is 38.9 Å². The smallest absolute Gasteiger partial charge is 0.247 e. The van der Waals surface area contributed by atoms with E-state index in [9.17, 15) is 0 Å². The van der Waals surface area contributed by atoms with Crippen LogP contribution in [-0.2, 0) is 0 Å². The van der Waals surface area contributed by atoms with E-state index >= 15 is 0 Å². The molecule has 90 valence electrons. The molecule has 1 aliphatic carbocycles. The highest BCUT2D eigenvalue weighted by Gasteiger charge is 2.10. The molecule has 0 fully saturated rings. The fourth-order valence-corrected chi connectivity index (χ4v) is 2.11. The van der Waals surface area contributed by atoms with Crippen LogP contribution < -0.4 is 0 Å². The number of rotatable bonds is 2. The van der Waals surface area contributed by atoms with Crippen LogP contribution in [0.25, 0.3) is 11.5 Å². The number of benzene rings is 1. The predicted molar refractivity (Wildman–Crippen MR) is 70.1 cm³/mol. The van der Waals surface area contributed by atoms with Crippen molar-refractivity contribution in [2.24, 2.45) is 0 Å². The quantitative estimate of drug-likeness (QED) is 0.750. The number of nitrogens with zero attached hydrogens (tertiary/aromatic N) is 2. The Balaban J connectivity index is 1.96. The van der Waals surface area contributed by atoms with Crippen LogP contribution in [0.1, 0.15) is 23.8 Å². The molecule has 0 N–H and O–H groups in total. The van der Waals surface area contributed by atoms with Gasteiger partial charge in [0.15, 0.2) is 0 Å². The van der Waals surface area contributed by atoms with Crippen molar-refractivity contribution >= 4 is 0 Å². The van der Waals surface area contributed by atoms with Gasteiger partial charge in [-0.2, -0.15) is 0 Å². The van der Waals surface area contributed by atoms with E-state index in [1.165, 1.54) is 5.56 Å². The van der Waals surface area contributed by atoms with Gasteiger partial charge >= 0.3 is 0 Å². The van der Waals surface area contributed by atoms with E-state index in [0.717, 1.165) is 12.0 Å². The highest BCUT2D eigenvalue weighted by atomic mass is 16.4. The van der Waals surface area contributed by atoms with Gasteiger partial charge in [0.1, 0.15) is 0 Å². The molecule has 0 saturated heterocycles. The highest BCUT2D eigenvalue weighted by molar-refractivity contribution is 5.55. The summed E-state index contributed by atoms with van der Waals surface area (Å²) in [6, 6.07) is 8.25. The monoisotopic (exact) mass is 238 g/mol. The summed E-state index contributed by atoms with van der Waals surface area (Å²) in [6.45, 7) is 1.80. The van der Waals surface area contributed by atoms with Gasteiger partial charge in [0.05, 0.1) is 0 Å². The minimum atomic E-state index is 0.350. The number of aromatic nitrogens is 2. The minimum absolute atomic E-state index is 0.350. The van der Waals surface area contributed by atoms with E-state index < -0.39 is 0 Å². The van der Waals surface area contributed by atoms with Gasteiger partial charge in [-0.15, -0.1) is 10.2 Å². The summed E-state index contributed by atoms with van der Waals surface area (Å²) in [7, 11) is 0. The number of hydrogen-bond donors (Lipinski definition) is 0. The normalized spacial score (nSPS) is 15.2. The lowest BCUT2D eigenvalue weighted by Crippen LogP contribution is -1.94. The first kappa shape index (κ1) is 11.0. The molecule has 1 aromatic heterocycles. The molecule has 0 saturated carbocycles. The lowest BCUT2D eigenvalue weighted by molar-refractivity contribution is 0.532. The summed E-state index contributed by atoms with van der Waals surface area (Å²) in [5.41, 5.74) is 2.22. The van der Waals surface area contributed by atoms with E-state index in [1.54, 1.807) is 6.92 Å². The largest absolute Gasteiger partial charge is 0.421 e. The van der Waals surface area contributed by atoms with E-state index in [0.29, 0.717) is 17.7 Å². The summed E-state index contributed by atoms with van der Waals surface area (Å²) in [5.74, 6) is 1.52. The Kier molecular flexibility index (Phi) is 2.81. The molecular weight excluding hydrogens is 224 g/mol. The Morgan fingerprint density at radius 1 is 1.17 bits per heavy atom. The van der Waals surface area contributed by atoms with Crippen LogP contribution >= 0.6 is 0 Å². The Labute approximate surface area is 106 Å². The Morgan fingerprint density at radius 3 is 2.72 bits per heavy atom. The molecule has 2 aromatic rings. The average molecular weight is 238 g/mol. The summed E-state index contributed by atoms with van der Waals surface area (Å²) >= 11 is 0. The Hall–Kier alpha value is -2.16. The molecule has 0 bridgehead atoms. The maximum Gasteiger partial charge on any atom is 0.247 e. The fraction of sp³-hybridized carbons (Fsp3) is 0.200. The van der Waals surface area contributed by atoms with Gasteiger partial charge in [-0.05, 0) is 24.1 Å². The molecule has 3 rings (SSSR count). The van der Waals surface area contributed by atoms with Crippen molar-refractivity contribution in [3.8, 4) is 11.5 Å². The minimum Gasteiger partial charge on any atom is -0.421 e. The molecule has 3 nitrogen and oxygen atoms in total. The molecule has 3 heteroatoms. The molecule has 1 aromatic carbocycles. The van der Waals surface area contributed by atoms with Crippen LogP contribution in [-0.4, -0.2) is 10.2 Å². The zero-order valence-corrected chi connectivity index (χ0v) is 10.2. The molecule has 0 unspecified atom stereocenters. The maximum atomic E-state index is 5.45. The zero-order valence-electron chi connectivity index (χ0n) is 10.2. The molecule has 0 amide bonds. The van der Waals surface area contributed by atoms with Crippen LogP contribution in [0.15, 0.2) is 53.0 Å². The molecule has 0 radical (unpaired) electrons. The third kappa shape index (κ3) is 2.12. The van der Waals surface area contributed by atoms with Crippen LogP contribution in [0, 0.1) is 6.92 Å². The van der Waals surface area contributed by atoms with Crippen molar-refractivity contribution in [3.63, 3.8) is 0 Å². The van der Waals surface area contributed by atoms with Gasteiger partial charge in [-0.3, -0.25) is 0 Å². The van der Waals surface area contributed by atoms with Gasteiger partial charge in [0.2, 0.25) is 11.8 Å². The van der Waals surface area contributed by atoms with E-state index in [2.05, 4.69) is 46.6 Å². The third-order valence-corrected chi connectivity index (χ3v) is 3.00. The standard InChI is InChI=1S/C15H14N2O/c1-11-16-17-15(18-11)14-9-5-8-13(10-14)12-6-3-2-4-7-12/h3-10,12H,2H2,1H3. The Bertz CT molecular complexity index is 598. The Morgan fingerprint density at radius 2 is 2.00 bits per heavy atom. The lowest BCUT2D eigenvalue weighted by atomic mass is 9.93. The summed E-state index contributed by atoms with van der Waals surface area (Å²) in [6.07, 6.45) is 9.85. The first-order valence-electron chi connectivity index (χ1n) is 6.07. The SMILES string of the molecule is Cc1nnc(-c2cccc(C3C=CCC=C3)c2)o1. The second kappa shape index (κ2) is 4.61. The average Bonchev–Trinajstić information content (AvgIpc) is 2.87. The molecule has 0 atom stereocenters. The van der Waals surface area contributed by atoms with Crippen LogP contribution in [0.5, 0.6) is 0 Å². The summed E-state index contributed by atoms with van der Waals surface area (Å²) in [5, 5.41) is 7.91.